The van der Waals surface area contributed by atoms with Crippen molar-refractivity contribution in [2.24, 2.45) is 0 Å². The summed E-state index contributed by atoms with van der Waals surface area (Å²) in [7, 11) is 0. The van der Waals surface area contributed by atoms with Crippen molar-refractivity contribution in [3.63, 3.8) is 0 Å². The topological polar surface area (TPSA) is 0 Å². The largest absolute Gasteiger partial charge is 0.466 e. The number of halogens is 16. The highest BCUT2D eigenvalue weighted by molar-refractivity contribution is 5.15. The van der Waals surface area contributed by atoms with Crippen LogP contribution in [-0.2, 0) is 0 Å². The van der Waals surface area contributed by atoms with Crippen molar-refractivity contribution >= 4 is 0 Å². The minimum atomic E-state index is -6.09. The molecule has 0 bridgehead atoms. The predicted molar refractivity (Wildman–Crippen MR) is 51.0 cm³/mol. The van der Waals surface area contributed by atoms with Crippen molar-refractivity contribution in [3.05, 3.63) is 12.2 Å². The summed E-state index contributed by atoms with van der Waals surface area (Å²) in [6.07, 6.45) is -25.0. The van der Waals surface area contributed by atoms with Crippen LogP contribution in [0.15, 0.2) is 12.2 Å². The zero-order valence-electron chi connectivity index (χ0n) is 11.2. The van der Waals surface area contributed by atoms with Gasteiger partial charge in [-0.3, -0.25) is 0 Å². The average Bonchev–Trinajstić information content (AvgIpc) is 2.31. The Hall–Kier alpha value is -1.82. The van der Waals surface area contributed by atoms with Crippen molar-refractivity contribution in [2.75, 3.05) is 0 Å². The number of hydrogen-bond acceptors (Lipinski definition) is 0. The molecule has 154 valence electrons. The van der Waals surface area contributed by atoms with Crippen molar-refractivity contribution < 1.29 is 70.2 Å². The Balaban J connectivity index is 0. The first-order chi connectivity index (χ1) is 10.9. The van der Waals surface area contributed by atoms with Gasteiger partial charge in [-0.05, 0) is 12.0 Å². The van der Waals surface area contributed by atoms with Gasteiger partial charge in [0.1, 0.15) is 0 Å². The van der Waals surface area contributed by atoms with E-state index >= 15 is 0 Å². The molecule has 26 heavy (non-hydrogen) atoms. The molecule has 0 unspecified atom stereocenters. The van der Waals surface area contributed by atoms with Gasteiger partial charge >= 0.3 is 36.6 Å². The van der Waals surface area contributed by atoms with Gasteiger partial charge in [0.05, 0.1) is 0 Å². The SMILES string of the molecule is FC(F)(F)/C=C/C(F)(F)C(F)(F)F.FC(F)(F)C#CC(F)(F)C(F)(F)F. The van der Waals surface area contributed by atoms with Gasteiger partial charge in [-0.1, -0.05) is 0 Å². The Morgan fingerprint density at radius 2 is 0.846 bits per heavy atom. The van der Waals surface area contributed by atoms with E-state index in [1.165, 1.54) is 0 Å². The van der Waals surface area contributed by atoms with Crippen LogP contribution in [0, 0.1) is 11.8 Å². The minimum Gasteiger partial charge on any atom is -0.192 e. The van der Waals surface area contributed by atoms with Gasteiger partial charge < -0.3 is 0 Å². The molecule has 0 aromatic carbocycles. The molecule has 0 saturated carbocycles. The number of hydrogen-bond donors (Lipinski definition) is 0. The van der Waals surface area contributed by atoms with Crippen LogP contribution >= 0.6 is 0 Å². The Morgan fingerprint density at radius 1 is 0.462 bits per heavy atom. The molecule has 0 spiro atoms. The van der Waals surface area contributed by atoms with Gasteiger partial charge in [-0.15, -0.1) is 0 Å². The predicted octanol–water partition coefficient (Wildman–Crippen LogP) is 6.05. The van der Waals surface area contributed by atoms with Gasteiger partial charge in [-0.2, -0.15) is 70.2 Å². The molecular formula is C10H2F16. The quantitative estimate of drug-likeness (QED) is 0.272. The van der Waals surface area contributed by atoms with Crippen LogP contribution in [0.4, 0.5) is 70.2 Å². The zero-order chi connectivity index (χ0) is 21.8. The monoisotopic (exact) mass is 426 g/mol. The van der Waals surface area contributed by atoms with E-state index in [1.807, 2.05) is 0 Å². The number of allylic oxidation sites excluding steroid dienone is 2. The van der Waals surface area contributed by atoms with Gasteiger partial charge in [0.25, 0.3) is 0 Å². The standard InChI is InChI=1S/C5H2F8.C5F8/c2*6-3(7,5(11,12)13)1-2-4(8,9)10/h1-2H;/b2-1+;. The maximum Gasteiger partial charge on any atom is 0.466 e. The summed E-state index contributed by atoms with van der Waals surface area (Å²) in [5.74, 6) is -11.4. The lowest BCUT2D eigenvalue weighted by atomic mass is 10.3. The summed E-state index contributed by atoms with van der Waals surface area (Å²) in [6, 6.07) is 0. The first-order valence-corrected chi connectivity index (χ1v) is 5.18. The lowest BCUT2D eigenvalue weighted by Crippen LogP contribution is -2.35. The molecule has 0 radical (unpaired) electrons. The third-order valence-corrected chi connectivity index (χ3v) is 1.58. The lowest BCUT2D eigenvalue weighted by molar-refractivity contribution is -0.259. The van der Waals surface area contributed by atoms with E-state index in [0.717, 1.165) is 0 Å². The molecule has 0 N–H and O–H groups in total. The van der Waals surface area contributed by atoms with E-state index < -0.39 is 48.7 Å². The molecule has 0 rings (SSSR count). The molecule has 0 aliphatic carbocycles. The van der Waals surface area contributed by atoms with Crippen molar-refractivity contribution in [2.45, 2.75) is 36.6 Å². The van der Waals surface area contributed by atoms with Gasteiger partial charge in [0, 0.05) is 12.0 Å². The highest BCUT2D eigenvalue weighted by Crippen LogP contribution is 2.37. The van der Waals surface area contributed by atoms with Crippen LogP contribution in [0.3, 0.4) is 0 Å². The number of alkyl halides is 16. The maximum atomic E-state index is 11.7. The summed E-state index contributed by atoms with van der Waals surface area (Å²) < 4.78 is 181. The van der Waals surface area contributed by atoms with Crippen molar-refractivity contribution in [3.8, 4) is 11.8 Å². The maximum absolute atomic E-state index is 11.7. The fourth-order valence-electron chi connectivity index (χ4n) is 0.514. The number of rotatable bonds is 1. The highest BCUT2D eigenvalue weighted by Gasteiger charge is 2.57. The van der Waals surface area contributed by atoms with Gasteiger partial charge in [0.15, 0.2) is 0 Å². The Bertz CT molecular complexity index is 525. The summed E-state index contributed by atoms with van der Waals surface area (Å²) in [6.45, 7) is 0. The fourth-order valence-corrected chi connectivity index (χ4v) is 0.514. The molecule has 16 heteroatoms. The molecule has 0 saturated heterocycles. The van der Waals surface area contributed by atoms with Gasteiger partial charge in [0.2, 0.25) is 0 Å². The molecular weight excluding hydrogens is 424 g/mol. The van der Waals surface area contributed by atoms with E-state index in [2.05, 4.69) is 0 Å². The summed E-state index contributed by atoms with van der Waals surface area (Å²) >= 11 is 0. The Kier molecular flexibility index (Phi) is 7.95. The molecule has 0 aliphatic heterocycles. The van der Waals surface area contributed by atoms with Crippen LogP contribution in [0.2, 0.25) is 0 Å². The van der Waals surface area contributed by atoms with Crippen LogP contribution in [0.5, 0.6) is 0 Å². The zero-order valence-corrected chi connectivity index (χ0v) is 11.2. The van der Waals surface area contributed by atoms with Crippen molar-refractivity contribution in [1.29, 1.82) is 0 Å². The molecule has 0 aromatic heterocycles. The molecule has 0 heterocycles. The van der Waals surface area contributed by atoms with Crippen molar-refractivity contribution in [1.82, 2.24) is 0 Å². The summed E-state index contributed by atoms with van der Waals surface area (Å²) in [4.78, 5) is 0. The summed E-state index contributed by atoms with van der Waals surface area (Å²) in [5.41, 5.74) is 0. The molecule has 0 amide bonds. The van der Waals surface area contributed by atoms with E-state index in [-0.39, 0.29) is 11.8 Å². The molecule has 0 aliphatic rings. The Labute approximate surface area is 132 Å². The van der Waals surface area contributed by atoms with E-state index in [4.69, 9.17) is 0 Å². The molecule has 0 nitrogen and oxygen atoms in total. The minimum absolute atomic E-state index is 0.151. The lowest BCUT2D eigenvalue weighted by Gasteiger charge is -2.15. The first kappa shape index (κ1) is 26.4. The third kappa shape index (κ3) is 10.9. The van der Waals surface area contributed by atoms with Gasteiger partial charge in [-0.25, -0.2) is 0 Å². The first-order valence-electron chi connectivity index (χ1n) is 5.18. The Morgan fingerprint density at radius 3 is 1.08 bits per heavy atom. The van der Waals surface area contributed by atoms with Crippen LogP contribution < -0.4 is 0 Å². The third-order valence-electron chi connectivity index (χ3n) is 1.58. The van der Waals surface area contributed by atoms with Crippen LogP contribution in [-0.4, -0.2) is 36.6 Å². The smallest absolute Gasteiger partial charge is 0.192 e. The second kappa shape index (κ2) is 7.82. The van der Waals surface area contributed by atoms with Crippen LogP contribution in [0.1, 0.15) is 0 Å². The normalized spacial score (nSPS) is 14.5. The van der Waals surface area contributed by atoms with E-state index in [9.17, 15) is 70.2 Å². The molecule has 0 fully saturated rings. The fraction of sp³-hybridized carbons (Fsp3) is 0.600. The van der Waals surface area contributed by atoms with E-state index in [0.29, 0.717) is 0 Å². The summed E-state index contributed by atoms with van der Waals surface area (Å²) in [5, 5.41) is 0. The average molecular weight is 426 g/mol. The van der Waals surface area contributed by atoms with E-state index in [1.54, 1.807) is 0 Å². The molecule has 0 aromatic rings. The highest BCUT2D eigenvalue weighted by atomic mass is 19.4. The van der Waals surface area contributed by atoms with Crippen LogP contribution in [0.25, 0.3) is 0 Å². The molecule has 0 atom stereocenters. The second-order valence-electron chi connectivity index (χ2n) is 3.82. The second-order valence-corrected chi connectivity index (χ2v) is 3.82.